The third kappa shape index (κ3) is 6.39. The maximum Gasteiger partial charge on any atom is 0.250 e. The van der Waals surface area contributed by atoms with Gasteiger partial charge in [0.2, 0.25) is 5.56 Å². The molecule has 1 aromatic heterocycles. The molecule has 0 aliphatic heterocycles. The van der Waals surface area contributed by atoms with Crippen molar-refractivity contribution >= 4 is 5.96 Å². The lowest BCUT2D eigenvalue weighted by Crippen LogP contribution is -2.37. The van der Waals surface area contributed by atoms with Crippen LogP contribution in [0.15, 0.2) is 58.4 Å². The molecule has 2 N–H and O–H groups in total. The highest BCUT2D eigenvalue weighted by atomic mass is 16.1. The standard InChI is InChI=1S/C21H30N4O/c1-3-18-11-5-6-12-19(18)17-24-21(22-4-2)23-14-8-10-16-25-15-9-7-13-20(25)26/h5-7,9,11-13,15H,3-4,8,10,14,16-17H2,1-2H3,(H2,22,23,24). The molecule has 0 aliphatic carbocycles. The summed E-state index contributed by atoms with van der Waals surface area (Å²) in [5.74, 6) is 0.843. The van der Waals surface area contributed by atoms with Gasteiger partial charge in [0.25, 0.3) is 0 Å². The lowest BCUT2D eigenvalue weighted by Gasteiger charge is -2.12. The predicted molar refractivity (Wildman–Crippen MR) is 109 cm³/mol. The Kier molecular flexibility index (Phi) is 8.46. The Morgan fingerprint density at radius 1 is 1.00 bits per heavy atom. The zero-order valence-corrected chi connectivity index (χ0v) is 15.9. The third-order valence-electron chi connectivity index (χ3n) is 4.27. The maximum absolute atomic E-state index is 11.7. The van der Waals surface area contributed by atoms with Crippen LogP contribution in [0.1, 0.15) is 37.8 Å². The normalized spacial score (nSPS) is 11.4. The van der Waals surface area contributed by atoms with E-state index in [0.717, 1.165) is 44.9 Å². The van der Waals surface area contributed by atoms with Gasteiger partial charge in [0, 0.05) is 31.9 Å². The average Bonchev–Trinajstić information content (AvgIpc) is 2.67. The lowest BCUT2D eigenvalue weighted by molar-refractivity contribution is 0.585. The highest BCUT2D eigenvalue weighted by Gasteiger charge is 2.01. The van der Waals surface area contributed by atoms with Gasteiger partial charge in [-0.1, -0.05) is 37.3 Å². The Morgan fingerprint density at radius 2 is 1.77 bits per heavy atom. The van der Waals surface area contributed by atoms with Gasteiger partial charge in [-0.2, -0.15) is 0 Å². The van der Waals surface area contributed by atoms with Gasteiger partial charge in [-0.3, -0.25) is 4.79 Å². The summed E-state index contributed by atoms with van der Waals surface area (Å²) >= 11 is 0. The van der Waals surface area contributed by atoms with E-state index in [1.165, 1.54) is 11.1 Å². The predicted octanol–water partition coefficient (Wildman–Crippen LogP) is 2.95. The second-order valence-electron chi connectivity index (χ2n) is 6.18. The Morgan fingerprint density at radius 3 is 2.50 bits per heavy atom. The Hall–Kier alpha value is -2.56. The van der Waals surface area contributed by atoms with Gasteiger partial charge < -0.3 is 15.2 Å². The molecule has 0 bridgehead atoms. The minimum atomic E-state index is 0.0601. The molecule has 2 rings (SSSR count). The van der Waals surface area contributed by atoms with E-state index < -0.39 is 0 Å². The van der Waals surface area contributed by atoms with Crippen molar-refractivity contribution in [2.75, 3.05) is 13.1 Å². The van der Waals surface area contributed by atoms with Crippen molar-refractivity contribution in [2.24, 2.45) is 4.99 Å². The largest absolute Gasteiger partial charge is 0.357 e. The minimum absolute atomic E-state index is 0.0601. The SMILES string of the molecule is CCNC(=NCc1ccccc1CC)NCCCCn1ccccc1=O. The summed E-state index contributed by atoms with van der Waals surface area (Å²) in [7, 11) is 0. The van der Waals surface area contributed by atoms with Crippen molar-refractivity contribution in [2.45, 2.75) is 46.2 Å². The maximum atomic E-state index is 11.7. The van der Waals surface area contributed by atoms with Gasteiger partial charge >= 0.3 is 0 Å². The van der Waals surface area contributed by atoms with E-state index >= 15 is 0 Å². The van der Waals surface area contributed by atoms with Gasteiger partial charge in [0.05, 0.1) is 6.54 Å². The quantitative estimate of drug-likeness (QED) is 0.413. The molecular formula is C21H30N4O. The van der Waals surface area contributed by atoms with Crippen LogP contribution in [0.2, 0.25) is 0 Å². The zero-order valence-electron chi connectivity index (χ0n) is 15.9. The van der Waals surface area contributed by atoms with Crippen molar-refractivity contribution in [3.8, 4) is 0 Å². The summed E-state index contributed by atoms with van der Waals surface area (Å²) in [4.78, 5) is 16.4. The molecule has 5 heteroatoms. The number of nitrogens with zero attached hydrogens (tertiary/aromatic N) is 2. The van der Waals surface area contributed by atoms with E-state index in [0.29, 0.717) is 6.54 Å². The molecule has 2 aromatic rings. The van der Waals surface area contributed by atoms with Crippen LogP contribution in [0, 0.1) is 0 Å². The molecule has 0 saturated carbocycles. The van der Waals surface area contributed by atoms with Crippen molar-refractivity contribution in [1.82, 2.24) is 15.2 Å². The number of nitrogens with one attached hydrogen (secondary N) is 2. The number of benzene rings is 1. The second kappa shape index (κ2) is 11.1. The van der Waals surface area contributed by atoms with E-state index in [2.05, 4.69) is 48.7 Å². The molecule has 1 heterocycles. The molecule has 0 spiro atoms. The zero-order chi connectivity index (χ0) is 18.6. The van der Waals surface area contributed by atoms with Gasteiger partial charge in [-0.05, 0) is 43.4 Å². The van der Waals surface area contributed by atoms with Crippen LogP contribution in [0.3, 0.4) is 0 Å². The molecule has 140 valence electrons. The van der Waals surface area contributed by atoms with Gasteiger partial charge in [-0.15, -0.1) is 0 Å². The number of aromatic nitrogens is 1. The van der Waals surface area contributed by atoms with Crippen molar-refractivity contribution < 1.29 is 0 Å². The summed E-state index contributed by atoms with van der Waals surface area (Å²) in [6, 6.07) is 13.7. The molecule has 0 amide bonds. The first-order valence-electron chi connectivity index (χ1n) is 9.49. The Bertz CT molecular complexity index is 751. The van der Waals surface area contributed by atoms with Crippen molar-refractivity contribution in [3.05, 3.63) is 70.1 Å². The second-order valence-corrected chi connectivity index (χ2v) is 6.18. The molecule has 1 aromatic carbocycles. The number of aliphatic imine (C=N–C) groups is 1. The number of guanidine groups is 1. The van der Waals surface area contributed by atoms with Crippen molar-refractivity contribution in [1.29, 1.82) is 0 Å². The molecule has 0 aliphatic rings. The van der Waals surface area contributed by atoms with Gasteiger partial charge in [0.15, 0.2) is 5.96 Å². The number of hydrogen-bond donors (Lipinski definition) is 2. The lowest BCUT2D eigenvalue weighted by atomic mass is 10.1. The molecular weight excluding hydrogens is 324 g/mol. The third-order valence-corrected chi connectivity index (χ3v) is 4.27. The topological polar surface area (TPSA) is 58.4 Å². The van der Waals surface area contributed by atoms with Crippen LogP contribution < -0.4 is 16.2 Å². The van der Waals surface area contributed by atoms with Crippen LogP contribution in [-0.2, 0) is 19.5 Å². The first kappa shape index (κ1) is 19.8. The van der Waals surface area contributed by atoms with E-state index in [1.807, 2.05) is 12.3 Å². The molecule has 26 heavy (non-hydrogen) atoms. The molecule has 0 fully saturated rings. The summed E-state index contributed by atoms with van der Waals surface area (Å²) in [6.07, 6.45) is 4.80. The number of unbranched alkanes of at least 4 members (excludes halogenated alkanes) is 1. The minimum Gasteiger partial charge on any atom is -0.357 e. The van der Waals surface area contributed by atoms with E-state index in [4.69, 9.17) is 4.99 Å². The Balaban J connectivity index is 1.80. The van der Waals surface area contributed by atoms with Crippen LogP contribution in [0.4, 0.5) is 0 Å². The van der Waals surface area contributed by atoms with Crippen LogP contribution in [-0.4, -0.2) is 23.6 Å². The van der Waals surface area contributed by atoms with E-state index in [-0.39, 0.29) is 5.56 Å². The molecule has 0 radical (unpaired) electrons. The highest BCUT2D eigenvalue weighted by molar-refractivity contribution is 5.79. The van der Waals surface area contributed by atoms with Crippen molar-refractivity contribution in [3.63, 3.8) is 0 Å². The van der Waals surface area contributed by atoms with E-state index in [9.17, 15) is 4.79 Å². The highest BCUT2D eigenvalue weighted by Crippen LogP contribution is 2.10. The monoisotopic (exact) mass is 354 g/mol. The fraction of sp³-hybridized carbons (Fsp3) is 0.429. The number of pyridine rings is 1. The fourth-order valence-corrected chi connectivity index (χ4v) is 2.82. The van der Waals surface area contributed by atoms with Gasteiger partial charge in [0.1, 0.15) is 0 Å². The number of rotatable bonds is 9. The summed E-state index contributed by atoms with van der Waals surface area (Å²) in [5, 5.41) is 6.67. The summed E-state index contributed by atoms with van der Waals surface area (Å²) in [5.41, 5.74) is 2.68. The van der Waals surface area contributed by atoms with E-state index in [1.54, 1.807) is 16.7 Å². The van der Waals surface area contributed by atoms with Crippen LogP contribution in [0.25, 0.3) is 0 Å². The molecule has 0 atom stereocenters. The molecule has 0 saturated heterocycles. The molecule has 5 nitrogen and oxygen atoms in total. The summed E-state index contributed by atoms with van der Waals surface area (Å²) in [6.45, 7) is 7.34. The first-order valence-corrected chi connectivity index (χ1v) is 9.49. The Labute approximate surface area is 156 Å². The molecule has 0 unspecified atom stereocenters. The average molecular weight is 354 g/mol. The number of aryl methyl sites for hydroxylation is 2. The van der Waals surface area contributed by atoms with Gasteiger partial charge in [-0.25, -0.2) is 4.99 Å². The fourth-order valence-electron chi connectivity index (χ4n) is 2.82. The smallest absolute Gasteiger partial charge is 0.250 e. The van der Waals surface area contributed by atoms with Crippen LogP contribution in [0.5, 0.6) is 0 Å². The summed E-state index contributed by atoms with van der Waals surface area (Å²) < 4.78 is 1.75. The first-order chi connectivity index (χ1) is 12.7. The number of hydrogen-bond acceptors (Lipinski definition) is 2. The van der Waals surface area contributed by atoms with Crippen LogP contribution >= 0.6 is 0 Å².